The Morgan fingerprint density at radius 2 is 2.00 bits per heavy atom. The van der Waals surface area contributed by atoms with E-state index < -0.39 is 11.9 Å². The summed E-state index contributed by atoms with van der Waals surface area (Å²) in [5.41, 5.74) is 0.890. The van der Waals surface area contributed by atoms with Gasteiger partial charge in [0.2, 0.25) is 0 Å². The molecule has 1 aromatic rings. The molecule has 21 heavy (non-hydrogen) atoms. The molecule has 5 nitrogen and oxygen atoms in total. The highest BCUT2D eigenvalue weighted by Gasteiger charge is 2.10. The van der Waals surface area contributed by atoms with E-state index in [0.717, 1.165) is 6.08 Å². The Labute approximate surface area is 128 Å². The number of esters is 1. The molecule has 0 aliphatic heterocycles. The molecule has 0 aliphatic rings. The van der Waals surface area contributed by atoms with E-state index in [0.29, 0.717) is 17.1 Å². The summed E-state index contributed by atoms with van der Waals surface area (Å²) < 4.78 is 5.10. The van der Waals surface area contributed by atoms with Crippen LogP contribution in [0, 0.1) is 0 Å². The van der Waals surface area contributed by atoms with Gasteiger partial charge in [0.15, 0.2) is 0 Å². The Hall–Kier alpha value is -2.01. The zero-order valence-electron chi connectivity index (χ0n) is 11.9. The summed E-state index contributed by atoms with van der Waals surface area (Å²) in [6.45, 7) is 3.67. The SMILES string of the molecule is CCC(C)OC(=O)C=C(CC(=O)O)Nc1ccc(Cl)cc1. The highest BCUT2D eigenvalue weighted by molar-refractivity contribution is 6.30. The Bertz CT molecular complexity index is 525. The fourth-order valence-electron chi connectivity index (χ4n) is 1.47. The van der Waals surface area contributed by atoms with E-state index in [9.17, 15) is 9.59 Å². The molecule has 1 rings (SSSR count). The Kier molecular flexibility index (Phi) is 6.75. The maximum absolute atomic E-state index is 11.7. The maximum Gasteiger partial charge on any atom is 0.332 e. The average molecular weight is 312 g/mol. The second-order valence-electron chi connectivity index (χ2n) is 4.53. The highest BCUT2D eigenvalue weighted by Crippen LogP contribution is 2.16. The monoisotopic (exact) mass is 311 g/mol. The van der Waals surface area contributed by atoms with Crippen molar-refractivity contribution in [3.05, 3.63) is 41.1 Å². The van der Waals surface area contributed by atoms with Crippen molar-refractivity contribution in [3.8, 4) is 0 Å². The first-order valence-corrected chi connectivity index (χ1v) is 6.94. The molecule has 0 radical (unpaired) electrons. The number of halogens is 1. The zero-order valence-corrected chi connectivity index (χ0v) is 12.7. The summed E-state index contributed by atoms with van der Waals surface area (Å²) in [6, 6.07) is 6.72. The summed E-state index contributed by atoms with van der Waals surface area (Å²) in [5.74, 6) is -1.61. The molecule has 1 unspecified atom stereocenters. The number of ether oxygens (including phenoxy) is 1. The number of carboxylic acid groups (broad SMARTS) is 1. The summed E-state index contributed by atoms with van der Waals surface area (Å²) in [4.78, 5) is 22.6. The molecule has 0 spiro atoms. The minimum absolute atomic E-state index is 0.213. The van der Waals surface area contributed by atoms with Gasteiger partial charge >= 0.3 is 11.9 Å². The molecular weight excluding hydrogens is 294 g/mol. The van der Waals surface area contributed by atoms with Crippen LogP contribution < -0.4 is 5.32 Å². The van der Waals surface area contributed by atoms with Crippen LogP contribution in [0.4, 0.5) is 5.69 Å². The summed E-state index contributed by atoms with van der Waals surface area (Å²) >= 11 is 5.78. The van der Waals surface area contributed by atoms with Crippen LogP contribution in [0.25, 0.3) is 0 Å². The lowest BCUT2D eigenvalue weighted by Crippen LogP contribution is -2.14. The van der Waals surface area contributed by atoms with Crippen LogP contribution in [0.15, 0.2) is 36.0 Å². The van der Waals surface area contributed by atoms with Crippen LogP contribution in [0.1, 0.15) is 26.7 Å². The second-order valence-corrected chi connectivity index (χ2v) is 4.96. The van der Waals surface area contributed by atoms with Crippen LogP contribution in [0.3, 0.4) is 0 Å². The Morgan fingerprint density at radius 1 is 1.38 bits per heavy atom. The summed E-state index contributed by atoms with van der Waals surface area (Å²) in [5, 5.41) is 12.3. The smallest absolute Gasteiger partial charge is 0.332 e. The van der Waals surface area contributed by atoms with Gasteiger partial charge in [0.25, 0.3) is 0 Å². The lowest BCUT2D eigenvalue weighted by molar-refractivity contribution is -0.142. The molecule has 0 saturated heterocycles. The van der Waals surface area contributed by atoms with Crippen LogP contribution in [-0.4, -0.2) is 23.1 Å². The van der Waals surface area contributed by atoms with Crippen molar-refractivity contribution in [2.24, 2.45) is 0 Å². The third-order valence-electron chi connectivity index (χ3n) is 2.68. The van der Waals surface area contributed by atoms with Crippen molar-refractivity contribution in [2.75, 3.05) is 5.32 Å². The minimum Gasteiger partial charge on any atom is -0.481 e. The topological polar surface area (TPSA) is 75.6 Å². The van der Waals surface area contributed by atoms with Crippen LogP contribution in [-0.2, 0) is 14.3 Å². The Morgan fingerprint density at radius 3 is 2.52 bits per heavy atom. The Balaban J connectivity index is 2.81. The number of rotatable bonds is 7. The number of aliphatic carboxylic acids is 1. The molecule has 1 aromatic carbocycles. The summed E-state index contributed by atoms with van der Waals surface area (Å²) in [7, 11) is 0. The van der Waals surface area contributed by atoms with Gasteiger partial charge in [0.1, 0.15) is 0 Å². The van der Waals surface area contributed by atoms with Crippen LogP contribution in [0.5, 0.6) is 0 Å². The molecular formula is C15H18ClNO4. The van der Waals surface area contributed by atoms with Gasteiger partial charge in [-0.3, -0.25) is 4.79 Å². The number of benzene rings is 1. The first-order valence-electron chi connectivity index (χ1n) is 6.56. The van der Waals surface area contributed by atoms with Crippen LogP contribution >= 0.6 is 11.6 Å². The van der Waals surface area contributed by atoms with Crippen molar-refractivity contribution in [2.45, 2.75) is 32.8 Å². The van der Waals surface area contributed by atoms with Gasteiger partial charge in [-0.2, -0.15) is 0 Å². The highest BCUT2D eigenvalue weighted by atomic mass is 35.5. The number of carboxylic acids is 1. The number of anilines is 1. The van der Waals surface area contributed by atoms with Gasteiger partial charge in [-0.1, -0.05) is 18.5 Å². The van der Waals surface area contributed by atoms with Crippen molar-refractivity contribution in [1.82, 2.24) is 0 Å². The molecule has 0 amide bonds. The third kappa shape index (κ3) is 6.81. The van der Waals surface area contributed by atoms with Gasteiger partial charge in [0, 0.05) is 22.5 Å². The van der Waals surface area contributed by atoms with E-state index in [1.165, 1.54) is 0 Å². The van der Waals surface area contributed by atoms with Gasteiger partial charge in [-0.05, 0) is 37.6 Å². The normalized spacial score (nSPS) is 12.6. The molecule has 0 saturated carbocycles. The predicted octanol–water partition coefficient (Wildman–Crippen LogP) is 3.45. The number of nitrogens with one attached hydrogen (secondary N) is 1. The first kappa shape index (κ1) is 17.0. The molecule has 0 heterocycles. The molecule has 6 heteroatoms. The molecule has 0 aliphatic carbocycles. The van der Waals surface area contributed by atoms with Crippen molar-refractivity contribution in [1.29, 1.82) is 0 Å². The van der Waals surface area contributed by atoms with E-state index in [1.54, 1.807) is 31.2 Å². The minimum atomic E-state index is -1.04. The largest absolute Gasteiger partial charge is 0.481 e. The van der Waals surface area contributed by atoms with Crippen molar-refractivity contribution in [3.63, 3.8) is 0 Å². The number of hydrogen-bond donors (Lipinski definition) is 2. The molecule has 0 fully saturated rings. The molecule has 0 aromatic heterocycles. The fraction of sp³-hybridized carbons (Fsp3) is 0.333. The lowest BCUT2D eigenvalue weighted by Gasteiger charge is -2.12. The van der Waals surface area contributed by atoms with E-state index >= 15 is 0 Å². The predicted molar refractivity (Wildman–Crippen MR) is 81.3 cm³/mol. The van der Waals surface area contributed by atoms with E-state index in [4.69, 9.17) is 21.4 Å². The number of carbonyl (C=O) groups excluding carboxylic acids is 1. The average Bonchev–Trinajstić information content (AvgIpc) is 2.40. The van der Waals surface area contributed by atoms with E-state index in [1.807, 2.05) is 6.92 Å². The van der Waals surface area contributed by atoms with E-state index in [-0.39, 0.29) is 18.2 Å². The second kappa shape index (κ2) is 8.32. The van der Waals surface area contributed by atoms with Gasteiger partial charge in [0.05, 0.1) is 12.5 Å². The maximum atomic E-state index is 11.7. The van der Waals surface area contributed by atoms with Crippen LogP contribution in [0.2, 0.25) is 5.02 Å². The molecule has 0 bridgehead atoms. The third-order valence-corrected chi connectivity index (χ3v) is 2.93. The van der Waals surface area contributed by atoms with Gasteiger partial charge in [-0.25, -0.2) is 4.79 Å². The number of carbonyl (C=O) groups is 2. The molecule has 1 atom stereocenters. The number of hydrogen-bond acceptors (Lipinski definition) is 4. The fourth-order valence-corrected chi connectivity index (χ4v) is 1.60. The van der Waals surface area contributed by atoms with Crippen molar-refractivity contribution >= 4 is 29.2 Å². The molecule has 2 N–H and O–H groups in total. The van der Waals surface area contributed by atoms with Crippen molar-refractivity contribution < 1.29 is 19.4 Å². The molecule has 114 valence electrons. The van der Waals surface area contributed by atoms with E-state index in [2.05, 4.69) is 5.32 Å². The quantitative estimate of drug-likeness (QED) is 0.596. The van der Waals surface area contributed by atoms with Gasteiger partial charge < -0.3 is 15.2 Å². The lowest BCUT2D eigenvalue weighted by atomic mass is 10.2. The summed E-state index contributed by atoms with van der Waals surface area (Å²) in [6.07, 6.45) is 1.33. The zero-order chi connectivity index (χ0) is 15.8. The standard InChI is InChI=1S/C15H18ClNO4/c1-3-10(2)21-15(20)9-13(8-14(18)19)17-12-6-4-11(16)5-7-12/h4-7,9-10,17H,3,8H2,1-2H3,(H,18,19). The van der Waals surface area contributed by atoms with Gasteiger partial charge in [-0.15, -0.1) is 0 Å². The first-order chi connectivity index (χ1) is 9.90.